The van der Waals surface area contributed by atoms with Crippen LogP contribution in [0.3, 0.4) is 0 Å². The summed E-state index contributed by atoms with van der Waals surface area (Å²) < 4.78 is 18.9. The molecule has 1 aromatic rings. The third kappa shape index (κ3) is 3.18. The Kier molecular flexibility index (Phi) is 4.08. The van der Waals surface area contributed by atoms with E-state index in [1.165, 1.54) is 11.0 Å². The molecule has 6 nitrogen and oxygen atoms in total. The van der Waals surface area contributed by atoms with Gasteiger partial charge in [0.15, 0.2) is 0 Å². The van der Waals surface area contributed by atoms with Crippen LogP contribution < -0.4 is 4.90 Å². The molecule has 2 rings (SSSR count). The highest BCUT2D eigenvalue weighted by Gasteiger charge is 2.37. The monoisotopic (exact) mass is 310 g/mol. The number of halogens is 1. The molecule has 0 aromatic heterocycles. The minimum absolute atomic E-state index is 0.138. The molecule has 0 radical (unpaired) electrons. The van der Waals surface area contributed by atoms with Gasteiger partial charge in [0.1, 0.15) is 17.1 Å². The average molecular weight is 310 g/mol. The zero-order valence-corrected chi connectivity index (χ0v) is 13.1. The van der Waals surface area contributed by atoms with Crippen LogP contribution in [0.25, 0.3) is 0 Å². The molecule has 0 fully saturated rings. The van der Waals surface area contributed by atoms with Crippen LogP contribution in [0, 0.1) is 15.9 Å². The molecule has 1 aromatic carbocycles. The Morgan fingerprint density at radius 1 is 1.45 bits per heavy atom. The third-order valence-corrected chi connectivity index (χ3v) is 3.43. The minimum Gasteiger partial charge on any atom is -0.443 e. The molecule has 1 unspecified atom stereocenters. The number of rotatable bonds is 1. The number of benzene rings is 1. The van der Waals surface area contributed by atoms with Crippen LogP contribution in [-0.2, 0) is 11.2 Å². The molecule has 1 aliphatic rings. The molecule has 1 atom stereocenters. The number of nitrogens with zero attached hydrogens (tertiary/aromatic N) is 2. The van der Waals surface area contributed by atoms with Gasteiger partial charge in [-0.25, -0.2) is 9.18 Å². The van der Waals surface area contributed by atoms with Gasteiger partial charge in [-0.1, -0.05) is 0 Å². The fourth-order valence-corrected chi connectivity index (χ4v) is 2.54. The quantitative estimate of drug-likeness (QED) is 0.584. The second-order valence-corrected chi connectivity index (χ2v) is 6.43. The van der Waals surface area contributed by atoms with Crippen molar-refractivity contribution in [2.24, 2.45) is 0 Å². The number of hydrogen-bond acceptors (Lipinski definition) is 4. The van der Waals surface area contributed by atoms with Gasteiger partial charge in [-0.3, -0.25) is 15.0 Å². The minimum atomic E-state index is -0.719. The maximum Gasteiger partial charge on any atom is 0.415 e. The van der Waals surface area contributed by atoms with Gasteiger partial charge in [0, 0.05) is 6.04 Å². The molecule has 1 heterocycles. The van der Waals surface area contributed by atoms with Crippen LogP contribution in [0.1, 0.15) is 39.7 Å². The zero-order chi connectivity index (χ0) is 16.7. The first-order chi connectivity index (χ1) is 10.1. The van der Waals surface area contributed by atoms with E-state index < -0.39 is 28.1 Å². The summed E-state index contributed by atoms with van der Waals surface area (Å²) in [5.74, 6) is -0.677. The number of nitro benzene ring substituents is 1. The predicted octanol–water partition coefficient (Wildman–Crippen LogP) is 3.81. The molecule has 22 heavy (non-hydrogen) atoms. The van der Waals surface area contributed by atoms with E-state index in [9.17, 15) is 19.3 Å². The van der Waals surface area contributed by atoms with Crippen LogP contribution in [0.5, 0.6) is 0 Å². The summed E-state index contributed by atoms with van der Waals surface area (Å²) in [6.45, 7) is 6.96. The maximum absolute atomic E-state index is 13.6. The SMILES string of the molecule is CC1CCc2cc(F)cc([N+](=O)[O-])c2N1C(=O)OC(C)(C)C. The lowest BCUT2D eigenvalue weighted by Crippen LogP contribution is -2.45. The highest BCUT2D eigenvalue weighted by atomic mass is 19.1. The number of aryl methyl sites for hydroxylation is 1. The molecule has 1 aliphatic heterocycles. The number of anilines is 1. The van der Waals surface area contributed by atoms with Crippen molar-refractivity contribution < 1.29 is 18.8 Å². The lowest BCUT2D eigenvalue weighted by atomic mass is 9.96. The summed E-state index contributed by atoms with van der Waals surface area (Å²) in [5, 5.41) is 11.2. The van der Waals surface area contributed by atoms with Gasteiger partial charge in [-0.2, -0.15) is 0 Å². The van der Waals surface area contributed by atoms with Gasteiger partial charge in [0.05, 0.1) is 11.0 Å². The van der Waals surface area contributed by atoms with Crippen LogP contribution >= 0.6 is 0 Å². The Morgan fingerprint density at radius 3 is 2.64 bits per heavy atom. The summed E-state index contributed by atoms with van der Waals surface area (Å²) in [6.07, 6.45) is 0.414. The molecule has 1 amide bonds. The molecule has 7 heteroatoms. The number of hydrogen-bond donors (Lipinski definition) is 0. The second kappa shape index (κ2) is 5.55. The number of amides is 1. The number of carbonyl (C=O) groups is 1. The lowest BCUT2D eigenvalue weighted by Gasteiger charge is -2.35. The van der Waals surface area contributed by atoms with Crippen molar-refractivity contribution in [1.82, 2.24) is 0 Å². The summed E-state index contributed by atoms with van der Waals surface area (Å²) in [6, 6.07) is 1.83. The van der Waals surface area contributed by atoms with Crippen LogP contribution in [-0.4, -0.2) is 22.7 Å². The van der Waals surface area contributed by atoms with Crippen molar-refractivity contribution in [3.63, 3.8) is 0 Å². The second-order valence-electron chi connectivity index (χ2n) is 6.43. The average Bonchev–Trinajstić information content (AvgIpc) is 2.35. The Hall–Kier alpha value is -2.18. The van der Waals surface area contributed by atoms with Crippen molar-refractivity contribution in [2.45, 2.75) is 52.2 Å². The van der Waals surface area contributed by atoms with Crippen molar-refractivity contribution >= 4 is 17.5 Å². The Labute approximate surface area is 128 Å². The van der Waals surface area contributed by atoms with Gasteiger partial charge in [0.25, 0.3) is 5.69 Å². The lowest BCUT2D eigenvalue weighted by molar-refractivity contribution is -0.384. The standard InChI is InChI=1S/C15H19FN2O4/c1-9-5-6-10-7-11(16)8-12(18(20)21)13(10)17(9)14(19)22-15(2,3)4/h7-9H,5-6H2,1-4H3. The van der Waals surface area contributed by atoms with E-state index in [1.54, 1.807) is 27.7 Å². The van der Waals surface area contributed by atoms with Gasteiger partial charge >= 0.3 is 6.09 Å². The van der Waals surface area contributed by atoms with E-state index in [0.717, 1.165) is 6.07 Å². The Bertz CT molecular complexity index is 625. The van der Waals surface area contributed by atoms with Crippen LogP contribution in [0.2, 0.25) is 0 Å². The highest BCUT2D eigenvalue weighted by Crippen LogP contribution is 2.39. The molecule has 0 saturated carbocycles. The Balaban J connectivity index is 2.54. The number of fused-ring (bicyclic) bond motifs is 1. The van der Waals surface area contributed by atoms with Crippen LogP contribution in [0.15, 0.2) is 12.1 Å². The van der Waals surface area contributed by atoms with Crippen molar-refractivity contribution in [2.75, 3.05) is 4.90 Å². The molecule has 120 valence electrons. The third-order valence-electron chi connectivity index (χ3n) is 3.43. The summed E-state index contributed by atoms with van der Waals surface area (Å²) >= 11 is 0. The summed E-state index contributed by atoms with van der Waals surface area (Å²) in [7, 11) is 0. The topological polar surface area (TPSA) is 72.7 Å². The predicted molar refractivity (Wildman–Crippen MR) is 79.6 cm³/mol. The van der Waals surface area contributed by atoms with Gasteiger partial charge < -0.3 is 4.74 Å². The summed E-state index contributed by atoms with van der Waals surface area (Å²) in [5.41, 5.74) is -0.536. The van der Waals surface area contributed by atoms with E-state index in [4.69, 9.17) is 4.74 Å². The normalized spacial score (nSPS) is 17.9. The molecule has 0 saturated heterocycles. The van der Waals surface area contributed by atoms with E-state index in [2.05, 4.69) is 0 Å². The van der Waals surface area contributed by atoms with Gasteiger partial charge in [0.2, 0.25) is 0 Å². The van der Waals surface area contributed by atoms with E-state index >= 15 is 0 Å². The van der Waals surface area contributed by atoms with Gasteiger partial charge in [-0.15, -0.1) is 0 Å². The van der Waals surface area contributed by atoms with Crippen molar-refractivity contribution in [3.05, 3.63) is 33.6 Å². The maximum atomic E-state index is 13.6. The van der Waals surface area contributed by atoms with E-state index in [0.29, 0.717) is 18.4 Å². The van der Waals surface area contributed by atoms with Crippen molar-refractivity contribution in [3.8, 4) is 0 Å². The van der Waals surface area contributed by atoms with Gasteiger partial charge in [-0.05, 0) is 52.2 Å². The smallest absolute Gasteiger partial charge is 0.415 e. The molecule has 0 aliphatic carbocycles. The Morgan fingerprint density at radius 2 is 2.09 bits per heavy atom. The molecule has 0 N–H and O–H groups in total. The van der Waals surface area contributed by atoms with Crippen molar-refractivity contribution in [1.29, 1.82) is 0 Å². The highest BCUT2D eigenvalue weighted by molar-refractivity contribution is 5.93. The van der Waals surface area contributed by atoms with E-state index in [1.807, 2.05) is 0 Å². The number of ether oxygens (including phenoxy) is 1. The number of carbonyl (C=O) groups excluding carboxylic acids is 1. The first-order valence-electron chi connectivity index (χ1n) is 7.09. The fraction of sp³-hybridized carbons (Fsp3) is 0.533. The molecular formula is C15H19FN2O4. The molecule has 0 spiro atoms. The van der Waals surface area contributed by atoms with E-state index in [-0.39, 0.29) is 11.7 Å². The largest absolute Gasteiger partial charge is 0.443 e. The number of nitro groups is 1. The first kappa shape index (κ1) is 16.2. The molecular weight excluding hydrogens is 291 g/mol. The first-order valence-corrected chi connectivity index (χ1v) is 7.09. The fourth-order valence-electron chi connectivity index (χ4n) is 2.54. The molecule has 0 bridgehead atoms. The van der Waals surface area contributed by atoms with Crippen LogP contribution in [0.4, 0.5) is 20.6 Å². The summed E-state index contributed by atoms with van der Waals surface area (Å²) in [4.78, 5) is 24.3. The zero-order valence-electron chi connectivity index (χ0n) is 13.1.